The lowest BCUT2D eigenvalue weighted by atomic mass is 10.2. The van der Waals surface area contributed by atoms with Crippen LogP contribution in [0.4, 0.5) is 0 Å². The van der Waals surface area contributed by atoms with Crippen molar-refractivity contribution in [2.75, 3.05) is 19.6 Å². The minimum Gasteiger partial charge on any atom is -0.333 e. The number of amides is 1. The van der Waals surface area contributed by atoms with Gasteiger partial charge >= 0.3 is 0 Å². The topological polar surface area (TPSA) is 32.3 Å². The van der Waals surface area contributed by atoms with Crippen LogP contribution >= 0.6 is 11.3 Å². The zero-order valence-corrected chi connectivity index (χ0v) is 11.6. The molecule has 1 aromatic rings. The quantitative estimate of drug-likeness (QED) is 0.873. The fourth-order valence-electron chi connectivity index (χ4n) is 2.26. The van der Waals surface area contributed by atoms with E-state index in [1.54, 1.807) is 11.3 Å². The molecule has 17 heavy (non-hydrogen) atoms. The summed E-state index contributed by atoms with van der Waals surface area (Å²) in [6, 6.07) is 2.34. The van der Waals surface area contributed by atoms with Gasteiger partial charge in [0.1, 0.15) is 0 Å². The number of aryl methyl sites for hydroxylation is 2. The van der Waals surface area contributed by atoms with Gasteiger partial charge in [0.2, 0.25) is 0 Å². The molecule has 0 aromatic carbocycles. The smallest absolute Gasteiger partial charge is 0.264 e. The van der Waals surface area contributed by atoms with Crippen LogP contribution in [-0.2, 0) is 6.42 Å². The zero-order valence-electron chi connectivity index (χ0n) is 10.7. The Morgan fingerprint density at radius 1 is 1.65 bits per heavy atom. The van der Waals surface area contributed by atoms with Crippen molar-refractivity contribution in [3.8, 4) is 0 Å². The summed E-state index contributed by atoms with van der Waals surface area (Å²) in [5.41, 5.74) is 1.25. The number of nitrogens with one attached hydrogen (secondary N) is 1. The van der Waals surface area contributed by atoms with Crippen molar-refractivity contribution in [1.29, 1.82) is 0 Å². The van der Waals surface area contributed by atoms with Gasteiger partial charge in [0.15, 0.2) is 0 Å². The van der Waals surface area contributed by atoms with Crippen molar-refractivity contribution in [2.45, 2.75) is 33.2 Å². The Labute approximate surface area is 107 Å². The average Bonchev–Trinajstić information content (AvgIpc) is 2.70. The summed E-state index contributed by atoms with van der Waals surface area (Å²) in [5, 5.41) is 3.31. The molecule has 2 rings (SSSR count). The summed E-state index contributed by atoms with van der Waals surface area (Å²) >= 11 is 1.65. The molecule has 4 heteroatoms. The van der Waals surface area contributed by atoms with Gasteiger partial charge in [-0.2, -0.15) is 0 Å². The maximum atomic E-state index is 12.4. The summed E-state index contributed by atoms with van der Waals surface area (Å²) in [6.07, 6.45) is 1.01. The first kappa shape index (κ1) is 12.6. The number of carbonyl (C=O) groups is 1. The number of thiophene rings is 1. The second kappa shape index (κ2) is 5.19. The number of piperazine rings is 1. The van der Waals surface area contributed by atoms with Crippen molar-refractivity contribution >= 4 is 17.2 Å². The zero-order chi connectivity index (χ0) is 12.4. The van der Waals surface area contributed by atoms with Gasteiger partial charge in [0.25, 0.3) is 5.91 Å². The molecule has 1 atom stereocenters. The van der Waals surface area contributed by atoms with E-state index in [1.165, 1.54) is 10.4 Å². The van der Waals surface area contributed by atoms with Crippen LogP contribution in [0.1, 0.15) is 34.0 Å². The van der Waals surface area contributed by atoms with Gasteiger partial charge in [0, 0.05) is 30.6 Å². The van der Waals surface area contributed by atoms with Crippen molar-refractivity contribution in [2.24, 2.45) is 0 Å². The molecule has 1 saturated heterocycles. The molecule has 94 valence electrons. The van der Waals surface area contributed by atoms with Crippen LogP contribution in [0.2, 0.25) is 0 Å². The molecule has 2 heterocycles. The summed E-state index contributed by atoms with van der Waals surface area (Å²) in [7, 11) is 0. The molecule has 0 saturated carbocycles. The largest absolute Gasteiger partial charge is 0.333 e. The third kappa shape index (κ3) is 2.53. The summed E-state index contributed by atoms with van der Waals surface area (Å²) in [6.45, 7) is 8.95. The van der Waals surface area contributed by atoms with E-state index in [-0.39, 0.29) is 5.91 Å². The Morgan fingerprint density at radius 2 is 2.41 bits per heavy atom. The lowest BCUT2D eigenvalue weighted by Gasteiger charge is -2.33. The molecule has 1 aliphatic rings. The number of carbonyl (C=O) groups excluding carboxylic acids is 1. The molecule has 0 spiro atoms. The van der Waals surface area contributed by atoms with Crippen LogP contribution in [0, 0.1) is 6.92 Å². The maximum absolute atomic E-state index is 12.4. The van der Waals surface area contributed by atoms with Crippen LogP contribution in [0.25, 0.3) is 0 Å². The Morgan fingerprint density at radius 3 is 3.00 bits per heavy atom. The van der Waals surface area contributed by atoms with Crippen molar-refractivity contribution in [1.82, 2.24) is 10.2 Å². The highest BCUT2D eigenvalue weighted by Gasteiger charge is 2.25. The normalized spacial score (nSPS) is 20.6. The van der Waals surface area contributed by atoms with Gasteiger partial charge < -0.3 is 10.2 Å². The van der Waals surface area contributed by atoms with E-state index in [1.807, 2.05) is 11.0 Å². The molecular weight excluding hydrogens is 232 g/mol. The van der Waals surface area contributed by atoms with Crippen molar-refractivity contribution in [3.63, 3.8) is 0 Å². The summed E-state index contributed by atoms with van der Waals surface area (Å²) in [5.74, 6) is 0.201. The van der Waals surface area contributed by atoms with E-state index >= 15 is 0 Å². The first-order valence-electron chi connectivity index (χ1n) is 6.24. The average molecular weight is 252 g/mol. The number of hydrogen-bond donors (Lipinski definition) is 1. The number of nitrogens with zero attached hydrogens (tertiary/aromatic N) is 1. The van der Waals surface area contributed by atoms with Gasteiger partial charge in [-0.25, -0.2) is 0 Å². The highest BCUT2D eigenvalue weighted by Crippen LogP contribution is 2.24. The highest BCUT2D eigenvalue weighted by atomic mass is 32.1. The van der Waals surface area contributed by atoms with Crippen LogP contribution in [0.5, 0.6) is 0 Å². The van der Waals surface area contributed by atoms with Crippen LogP contribution in [0.15, 0.2) is 6.07 Å². The van der Waals surface area contributed by atoms with Gasteiger partial charge in [-0.1, -0.05) is 6.92 Å². The first-order valence-corrected chi connectivity index (χ1v) is 7.06. The molecule has 1 fully saturated rings. The molecule has 1 aromatic heterocycles. The Kier molecular flexibility index (Phi) is 3.84. The molecule has 1 aliphatic heterocycles. The molecule has 0 radical (unpaired) electrons. The predicted octanol–water partition coefficient (Wildman–Crippen LogP) is 2.05. The molecule has 0 unspecified atom stereocenters. The second-order valence-corrected chi connectivity index (χ2v) is 5.76. The molecule has 0 aliphatic carbocycles. The Hall–Kier alpha value is -0.870. The summed E-state index contributed by atoms with van der Waals surface area (Å²) in [4.78, 5) is 16.6. The van der Waals surface area contributed by atoms with E-state index in [0.717, 1.165) is 30.9 Å². The van der Waals surface area contributed by atoms with E-state index in [2.05, 4.69) is 26.1 Å². The highest BCUT2D eigenvalue weighted by molar-refractivity contribution is 7.14. The lowest BCUT2D eigenvalue weighted by molar-refractivity contribution is 0.0661. The van der Waals surface area contributed by atoms with Crippen molar-refractivity contribution in [3.05, 3.63) is 21.4 Å². The molecule has 0 bridgehead atoms. The van der Waals surface area contributed by atoms with Gasteiger partial charge in [-0.05, 0) is 31.9 Å². The number of rotatable bonds is 2. The molecular formula is C13H20N2OS. The molecule has 1 amide bonds. The maximum Gasteiger partial charge on any atom is 0.264 e. The van der Waals surface area contributed by atoms with Crippen molar-refractivity contribution < 1.29 is 4.79 Å². The predicted molar refractivity (Wildman–Crippen MR) is 71.8 cm³/mol. The van der Waals surface area contributed by atoms with E-state index < -0.39 is 0 Å². The monoisotopic (exact) mass is 252 g/mol. The minimum absolute atomic E-state index is 0.201. The standard InChI is InChI=1S/C13H20N2OS/c1-4-11-9(2)7-12(17-11)13(16)15-6-5-14-8-10(15)3/h7,10,14H,4-6,8H2,1-3H3/t10-/m0/s1. The van der Waals surface area contributed by atoms with Crippen LogP contribution in [-0.4, -0.2) is 36.5 Å². The van der Waals surface area contributed by atoms with Gasteiger partial charge in [-0.15, -0.1) is 11.3 Å². The first-order chi connectivity index (χ1) is 8.13. The fourth-order valence-corrected chi connectivity index (χ4v) is 3.33. The Bertz CT molecular complexity index is 414. The van der Waals surface area contributed by atoms with Crippen LogP contribution < -0.4 is 5.32 Å². The SMILES string of the molecule is CCc1sc(C(=O)N2CCNC[C@@H]2C)cc1C. The Balaban J connectivity index is 2.17. The lowest BCUT2D eigenvalue weighted by Crippen LogP contribution is -2.52. The minimum atomic E-state index is 0.201. The third-order valence-corrected chi connectivity index (χ3v) is 4.68. The van der Waals surface area contributed by atoms with Crippen LogP contribution in [0.3, 0.4) is 0 Å². The molecule has 3 nitrogen and oxygen atoms in total. The molecule has 1 N–H and O–H groups in total. The summed E-state index contributed by atoms with van der Waals surface area (Å²) < 4.78 is 0. The van der Waals surface area contributed by atoms with E-state index in [9.17, 15) is 4.79 Å². The second-order valence-electron chi connectivity index (χ2n) is 4.62. The van der Waals surface area contributed by atoms with Gasteiger partial charge in [0.05, 0.1) is 4.88 Å². The van der Waals surface area contributed by atoms with E-state index in [0.29, 0.717) is 6.04 Å². The fraction of sp³-hybridized carbons (Fsp3) is 0.615. The number of hydrogen-bond acceptors (Lipinski definition) is 3. The third-order valence-electron chi connectivity index (χ3n) is 3.31. The van der Waals surface area contributed by atoms with E-state index in [4.69, 9.17) is 0 Å². The van der Waals surface area contributed by atoms with Gasteiger partial charge in [-0.3, -0.25) is 4.79 Å².